The average molecular weight is 368 g/mol. The van der Waals surface area contributed by atoms with Crippen molar-refractivity contribution in [3.05, 3.63) is 48.5 Å². The molecule has 3 rings (SSSR count). The van der Waals surface area contributed by atoms with E-state index in [9.17, 15) is 9.59 Å². The first-order chi connectivity index (χ1) is 13.1. The molecule has 1 saturated heterocycles. The van der Waals surface area contributed by atoms with Gasteiger partial charge in [-0.2, -0.15) is 0 Å². The minimum absolute atomic E-state index is 0.0500. The Hall–Kier alpha value is -3.02. The molecule has 2 aromatic carbocycles. The van der Waals surface area contributed by atoms with Crippen LogP contribution in [0.25, 0.3) is 0 Å². The van der Waals surface area contributed by atoms with Gasteiger partial charge in [0.15, 0.2) is 0 Å². The lowest BCUT2D eigenvalue weighted by atomic mass is 10.1. The molecule has 1 atom stereocenters. The van der Waals surface area contributed by atoms with Gasteiger partial charge in [0.1, 0.15) is 11.5 Å². The largest absolute Gasteiger partial charge is 0.494 e. The van der Waals surface area contributed by atoms with Gasteiger partial charge in [-0.1, -0.05) is 0 Å². The van der Waals surface area contributed by atoms with Crippen molar-refractivity contribution in [1.29, 1.82) is 0 Å². The quantitative estimate of drug-likeness (QED) is 0.812. The molecular formula is C21H24N2O4. The van der Waals surface area contributed by atoms with Gasteiger partial charge < -0.3 is 19.7 Å². The van der Waals surface area contributed by atoms with Crippen molar-refractivity contribution < 1.29 is 19.1 Å². The summed E-state index contributed by atoms with van der Waals surface area (Å²) in [5, 5.41) is 2.88. The van der Waals surface area contributed by atoms with Crippen LogP contribution in [-0.4, -0.2) is 31.6 Å². The molecule has 1 N–H and O–H groups in total. The van der Waals surface area contributed by atoms with E-state index in [2.05, 4.69) is 5.32 Å². The summed E-state index contributed by atoms with van der Waals surface area (Å²) in [6.07, 6.45) is 0.204. The second-order valence-electron chi connectivity index (χ2n) is 6.28. The molecule has 0 aromatic heterocycles. The van der Waals surface area contributed by atoms with Crippen LogP contribution in [0.5, 0.6) is 11.5 Å². The standard InChI is InChI=1S/C21H24N2O4/c1-3-26-18-9-5-16(6-10-18)22-21(25)15-13-20(24)23(14-15)17-7-11-19(12-8-17)27-4-2/h5-12,15H,3-4,13-14H2,1-2H3,(H,22,25). The average Bonchev–Trinajstić information content (AvgIpc) is 3.06. The molecule has 2 amide bonds. The van der Waals surface area contributed by atoms with E-state index in [1.54, 1.807) is 17.0 Å². The van der Waals surface area contributed by atoms with Gasteiger partial charge in [-0.25, -0.2) is 0 Å². The number of hydrogen-bond acceptors (Lipinski definition) is 4. The van der Waals surface area contributed by atoms with Gasteiger partial charge in [-0.15, -0.1) is 0 Å². The van der Waals surface area contributed by atoms with Gasteiger partial charge in [0.05, 0.1) is 19.1 Å². The highest BCUT2D eigenvalue weighted by Crippen LogP contribution is 2.28. The fourth-order valence-electron chi connectivity index (χ4n) is 3.07. The Morgan fingerprint density at radius 2 is 1.56 bits per heavy atom. The van der Waals surface area contributed by atoms with E-state index in [1.165, 1.54) is 0 Å². The summed E-state index contributed by atoms with van der Waals surface area (Å²) in [6.45, 7) is 5.40. The third kappa shape index (κ3) is 4.58. The number of amides is 2. The van der Waals surface area contributed by atoms with Crippen LogP contribution in [-0.2, 0) is 9.59 Å². The van der Waals surface area contributed by atoms with Crippen molar-refractivity contribution >= 4 is 23.2 Å². The molecule has 1 aliphatic heterocycles. The number of carbonyl (C=O) groups is 2. The van der Waals surface area contributed by atoms with Crippen molar-refractivity contribution in [1.82, 2.24) is 0 Å². The van der Waals surface area contributed by atoms with Crippen molar-refractivity contribution in [2.24, 2.45) is 5.92 Å². The van der Waals surface area contributed by atoms with Crippen molar-refractivity contribution in [2.75, 3.05) is 30.0 Å². The zero-order valence-electron chi connectivity index (χ0n) is 15.6. The lowest BCUT2D eigenvalue weighted by Gasteiger charge is -2.17. The van der Waals surface area contributed by atoms with Crippen molar-refractivity contribution in [2.45, 2.75) is 20.3 Å². The molecular weight excluding hydrogens is 344 g/mol. The van der Waals surface area contributed by atoms with Crippen LogP contribution in [0.2, 0.25) is 0 Å². The van der Waals surface area contributed by atoms with E-state index in [-0.39, 0.29) is 24.2 Å². The van der Waals surface area contributed by atoms with E-state index in [1.807, 2.05) is 50.2 Å². The van der Waals surface area contributed by atoms with Crippen molar-refractivity contribution in [3.63, 3.8) is 0 Å². The number of ether oxygens (including phenoxy) is 2. The minimum atomic E-state index is -0.379. The monoisotopic (exact) mass is 368 g/mol. The molecule has 1 unspecified atom stereocenters. The fourth-order valence-corrected chi connectivity index (χ4v) is 3.07. The van der Waals surface area contributed by atoms with E-state index in [4.69, 9.17) is 9.47 Å². The molecule has 142 valence electrons. The SMILES string of the molecule is CCOc1ccc(NC(=O)C2CC(=O)N(c3ccc(OCC)cc3)C2)cc1. The number of nitrogens with zero attached hydrogens (tertiary/aromatic N) is 1. The maximum atomic E-state index is 12.5. The van der Waals surface area contributed by atoms with Gasteiger partial charge in [0.2, 0.25) is 11.8 Å². The second kappa shape index (κ2) is 8.58. The van der Waals surface area contributed by atoms with E-state index < -0.39 is 0 Å². The Labute approximate surface area is 159 Å². The Morgan fingerprint density at radius 1 is 1.00 bits per heavy atom. The molecule has 1 fully saturated rings. The molecule has 6 nitrogen and oxygen atoms in total. The highest BCUT2D eigenvalue weighted by Gasteiger charge is 2.35. The summed E-state index contributed by atoms with van der Waals surface area (Å²) in [6, 6.07) is 14.6. The Kier molecular flexibility index (Phi) is 5.96. The number of nitrogens with one attached hydrogen (secondary N) is 1. The Morgan fingerprint density at radius 3 is 2.11 bits per heavy atom. The zero-order valence-corrected chi connectivity index (χ0v) is 15.6. The molecule has 0 aliphatic carbocycles. The molecule has 0 saturated carbocycles. The third-order valence-corrected chi connectivity index (χ3v) is 4.39. The maximum Gasteiger partial charge on any atom is 0.229 e. The smallest absolute Gasteiger partial charge is 0.229 e. The summed E-state index contributed by atoms with van der Waals surface area (Å²) < 4.78 is 10.8. The predicted molar refractivity (Wildman–Crippen MR) is 104 cm³/mol. The van der Waals surface area contributed by atoms with Crippen LogP contribution in [0.4, 0.5) is 11.4 Å². The highest BCUT2D eigenvalue weighted by molar-refractivity contribution is 6.03. The number of hydrogen-bond donors (Lipinski definition) is 1. The van der Waals surface area contributed by atoms with E-state index >= 15 is 0 Å². The molecule has 6 heteroatoms. The number of carbonyl (C=O) groups excluding carboxylic acids is 2. The maximum absolute atomic E-state index is 12.5. The molecule has 0 radical (unpaired) electrons. The van der Waals surface area contributed by atoms with Gasteiger partial charge in [-0.05, 0) is 62.4 Å². The first-order valence-corrected chi connectivity index (χ1v) is 9.17. The predicted octanol–water partition coefficient (Wildman–Crippen LogP) is 3.48. The van der Waals surface area contributed by atoms with Crippen molar-refractivity contribution in [3.8, 4) is 11.5 Å². The lowest BCUT2D eigenvalue weighted by molar-refractivity contribution is -0.122. The van der Waals surface area contributed by atoms with Crippen LogP contribution in [0.15, 0.2) is 48.5 Å². The van der Waals surface area contributed by atoms with Crippen LogP contribution in [0, 0.1) is 5.92 Å². The summed E-state index contributed by atoms with van der Waals surface area (Å²) in [4.78, 5) is 26.6. The number of anilines is 2. The van der Waals surface area contributed by atoms with Gasteiger partial charge in [-0.3, -0.25) is 9.59 Å². The first kappa shape index (κ1) is 18.8. The topological polar surface area (TPSA) is 67.9 Å². The van der Waals surface area contributed by atoms with E-state index in [0.717, 1.165) is 17.2 Å². The molecule has 0 bridgehead atoms. The highest BCUT2D eigenvalue weighted by atomic mass is 16.5. The van der Waals surface area contributed by atoms with Gasteiger partial charge >= 0.3 is 0 Å². The number of rotatable bonds is 7. The first-order valence-electron chi connectivity index (χ1n) is 9.17. The summed E-state index contributed by atoms with van der Waals surface area (Å²) in [5.41, 5.74) is 1.47. The Balaban J connectivity index is 1.61. The minimum Gasteiger partial charge on any atom is -0.494 e. The van der Waals surface area contributed by atoms with E-state index in [0.29, 0.717) is 25.4 Å². The molecule has 2 aromatic rings. The van der Waals surface area contributed by atoms with Gasteiger partial charge in [0.25, 0.3) is 0 Å². The summed E-state index contributed by atoms with van der Waals surface area (Å²) >= 11 is 0. The summed E-state index contributed by atoms with van der Waals surface area (Å²) in [7, 11) is 0. The second-order valence-corrected chi connectivity index (χ2v) is 6.28. The lowest BCUT2D eigenvalue weighted by Crippen LogP contribution is -2.28. The molecule has 1 aliphatic rings. The van der Waals surface area contributed by atoms with Crippen LogP contribution in [0.3, 0.4) is 0 Å². The third-order valence-electron chi connectivity index (χ3n) is 4.39. The molecule has 0 spiro atoms. The normalized spacial score (nSPS) is 16.3. The molecule has 1 heterocycles. The molecule has 27 heavy (non-hydrogen) atoms. The number of benzene rings is 2. The Bertz CT molecular complexity index is 787. The van der Waals surface area contributed by atoms with Gasteiger partial charge in [0, 0.05) is 24.3 Å². The fraction of sp³-hybridized carbons (Fsp3) is 0.333. The van der Waals surface area contributed by atoms with Crippen LogP contribution >= 0.6 is 0 Å². The van der Waals surface area contributed by atoms with Crippen LogP contribution < -0.4 is 19.7 Å². The van der Waals surface area contributed by atoms with Crippen LogP contribution in [0.1, 0.15) is 20.3 Å². The zero-order chi connectivity index (χ0) is 19.2. The summed E-state index contributed by atoms with van der Waals surface area (Å²) in [5.74, 6) is 0.938.